The number of nitrogens with one attached hydrogen (secondary N) is 2. The number of hydrogen-bond acceptors (Lipinski definition) is 6. The molecular formula is C22H20ClN3O4S. The van der Waals surface area contributed by atoms with Gasteiger partial charge in [0, 0.05) is 23.1 Å². The quantitative estimate of drug-likeness (QED) is 0.376. The number of carbonyl (C=O) groups is 1. The van der Waals surface area contributed by atoms with E-state index in [1.165, 1.54) is 17.8 Å². The van der Waals surface area contributed by atoms with E-state index < -0.39 is 5.92 Å². The van der Waals surface area contributed by atoms with Crippen molar-refractivity contribution in [1.82, 2.24) is 9.97 Å². The van der Waals surface area contributed by atoms with Crippen LogP contribution < -0.4 is 15.6 Å². The zero-order valence-electron chi connectivity index (χ0n) is 16.6. The number of hydrogen-bond donors (Lipinski definition) is 3. The second-order valence-electron chi connectivity index (χ2n) is 7.02. The van der Waals surface area contributed by atoms with Crippen molar-refractivity contribution < 1.29 is 14.6 Å². The lowest BCUT2D eigenvalue weighted by Gasteiger charge is -2.25. The van der Waals surface area contributed by atoms with Gasteiger partial charge in [-0.3, -0.25) is 9.59 Å². The van der Waals surface area contributed by atoms with E-state index in [0.29, 0.717) is 39.4 Å². The number of amides is 1. The van der Waals surface area contributed by atoms with Crippen molar-refractivity contribution in [3.63, 3.8) is 0 Å². The molecule has 31 heavy (non-hydrogen) atoms. The molecule has 3 N–H and O–H groups in total. The first-order chi connectivity index (χ1) is 14.9. The highest BCUT2D eigenvalue weighted by Gasteiger charge is 2.31. The minimum Gasteiger partial charge on any atom is -0.504 e. The Hall–Kier alpha value is -2.97. The van der Waals surface area contributed by atoms with Gasteiger partial charge < -0.3 is 20.1 Å². The van der Waals surface area contributed by atoms with Crippen LogP contribution in [0.2, 0.25) is 5.02 Å². The molecule has 160 valence electrons. The molecule has 2 aromatic carbocycles. The van der Waals surface area contributed by atoms with E-state index in [1.54, 1.807) is 18.2 Å². The summed E-state index contributed by atoms with van der Waals surface area (Å²) >= 11 is 7.37. The van der Waals surface area contributed by atoms with Crippen molar-refractivity contribution in [1.29, 1.82) is 0 Å². The van der Waals surface area contributed by atoms with Gasteiger partial charge in [-0.2, -0.15) is 0 Å². The molecule has 0 bridgehead atoms. The average molecular weight is 458 g/mol. The second kappa shape index (κ2) is 9.03. The van der Waals surface area contributed by atoms with Crippen molar-refractivity contribution in [3.05, 3.63) is 74.5 Å². The highest BCUT2D eigenvalue weighted by Crippen LogP contribution is 2.38. The number of aromatic hydroxyl groups is 1. The summed E-state index contributed by atoms with van der Waals surface area (Å²) in [5.74, 6) is 0.412. The van der Waals surface area contributed by atoms with E-state index in [4.69, 9.17) is 16.3 Å². The maximum Gasteiger partial charge on any atom is 0.257 e. The first-order valence-corrected chi connectivity index (χ1v) is 11.1. The lowest BCUT2D eigenvalue weighted by atomic mass is 9.86. The maximum atomic E-state index is 13.0. The van der Waals surface area contributed by atoms with Crippen LogP contribution in [0.3, 0.4) is 0 Å². The number of halogens is 1. The summed E-state index contributed by atoms with van der Waals surface area (Å²) in [5.41, 5.74) is 1.77. The van der Waals surface area contributed by atoms with E-state index in [9.17, 15) is 14.7 Å². The molecule has 9 heteroatoms. The topological polar surface area (TPSA) is 104 Å². The fourth-order valence-electron chi connectivity index (χ4n) is 3.50. The molecule has 0 spiro atoms. The van der Waals surface area contributed by atoms with Gasteiger partial charge in [0.25, 0.3) is 5.56 Å². The fraction of sp³-hybridized carbons (Fsp3) is 0.227. The molecule has 0 saturated heterocycles. The number of aromatic nitrogens is 2. The van der Waals surface area contributed by atoms with Crippen molar-refractivity contribution in [2.75, 3.05) is 11.9 Å². The zero-order chi connectivity index (χ0) is 22.0. The minimum atomic E-state index is -0.494. The largest absolute Gasteiger partial charge is 0.504 e. The zero-order valence-corrected chi connectivity index (χ0v) is 18.2. The molecule has 0 fully saturated rings. The molecule has 0 aliphatic carbocycles. The highest BCUT2D eigenvalue weighted by atomic mass is 35.5. The van der Waals surface area contributed by atoms with Gasteiger partial charge in [-0.25, -0.2) is 4.98 Å². The van der Waals surface area contributed by atoms with E-state index in [1.807, 2.05) is 25.1 Å². The molecule has 4 rings (SSSR count). The Morgan fingerprint density at radius 3 is 2.87 bits per heavy atom. The number of anilines is 1. The molecule has 1 amide bonds. The van der Waals surface area contributed by atoms with Gasteiger partial charge in [0.15, 0.2) is 16.7 Å². The van der Waals surface area contributed by atoms with Gasteiger partial charge in [0.1, 0.15) is 5.82 Å². The van der Waals surface area contributed by atoms with Crippen molar-refractivity contribution in [2.45, 2.75) is 30.2 Å². The van der Waals surface area contributed by atoms with Crippen LogP contribution in [0.15, 0.2) is 52.4 Å². The number of rotatable bonds is 6. The molecule has 1 aliphatic rings. The minimum absolute atomic E-state index is 0.00545. The summed E-state index contributed by atoms with van der Waals surface area (Å²) in [7, 11) is 0. The Kier molecular flexibility index (Phi) is 6.20. The van der Waals surface area contributed by atoms with E-state index in [-0.39, 0.29) is 29.5 Å². The molecule has 1 atom stereocenters. The average Bonchev–Trinajstić information content (AvgIpc) is 2.73. The number of fused-ring (bicyclic) bond motifs is 1. The number of nitrogens with zero attached hydrogens (tertiary/aromatic N) is 1. The Bertz CT molecular complexity index is 1200. The van der Waals surface area contributed by atoms with Crippen LogP contribution >= 0.6 is 23.4 Å². The van der Waals surface area contributed by atoms with Gasteiger partial charge in [-0.05, 0) is 42.3 Å². The summed E-state index contributed by atoms with van der Waals surface area (Å²) in [4.78, 5) is 32.6. The molecule has 2 heterocycles. The summed E-state index contributed by atoms with van der Waals surface area (Å²) in [5, 5.41) is 13.7. The van der Waals surface area contributed by atoms with Gasteiger partial charge in [0.2, 0.25) is 5.91 Å². The third-order valence-electron chi connectivity index (χ3n) is 4.88. The summed E-state index contributed by atoms with van der Waals surface area (Å²) < 4.78 is 5.45. The summed E-state index contributed by atoms with van der Waals surface area (Å²) in [6.07, 6.45) is 0.100. The maximum absolute atomic E-state index is 13.0. The predicted molar refractivity (Wildman–Crippen MR) is 120 cm³/mol. The number of phenols is 1. The van der Waals surface area contributed by atoms with Crippen LogP contribution in [-0.4, -0.2) is 27.6 Å². The number of ether oxygens (including phenoxy) is 1. The van der Waals surface area contributed by atoms with Crippen LogP contribution in [-0.2, 0) is 10.5 Å². The van der Waals surface area contributed by atoms with Gasteiger partial charge >= 0.3 is 0 Å². The van der Waals surface area contributed by atoms with Crippen molar-refractivity contribution in [3.8, 4) is 11.5 Å². The van der Waals surface area contributed by atoms with Crippen LogP contribution in [0.5, 0.6) is 11.5 Å². The molecule has 1 aromatic heterocycles. The van der Waals surface area contributed by atoms with Crippen LogP contribution in [0, 0.1) is 0 Å². The molecule has 7 nitrogen and oxygen atoms in total. The van der Waals surface area contributed by atoms with Crippen LogP contribution in [0.4, 0.5) is 5.82 Å². The SMILES string of the molecule is CCOc1cc(C2CC(=O)Nc3nc(SCc4cccc(Cl)c4)[nH]c(=O)c32)ccc1O. The predicted octanol–water partition coefficient (Wildman–Crippen LogP) is 4.29. The lowest BCUT2D eigenvalue weighted by molar-refractivity contribution is -0.116. The first-order valence-electron chi connectivity index (χ1n) is 9.71. The number of aromatic amines is 1. The molecule has 1 unspecified atom stereocenters. The smallest absolute Gasteiger partial charge is 0.257 e. The number of carbonyl (C=O) groups excluding carboxylic acids is 1. The summed E-state index contributed by atoms with van der Waals surface area (Å²) in [6.45, 7) is 2.20. The molecule has 0 saturated carbocycles. The second-order valence-corrected chi connectivity index (χ2v) is 8.42. The van der Waals surface area contributed by atoms with Gasteiger partial charge in [0.05, 0.1) is 12.2 Å². The first kappa shape index (κ1) is 21.3. The molecular weight excluding hydrogens is 438 g/mol. The van der Waals surface area contributed by atoms with Crippen molar-refractivity contribution in [2.24, 2.45) is 0 Å². The Labute approximate surface area is 187 Å². The number of phenolic OH excluding ortho intramolecular Hbond substituents is 1. The Morgan fingerprint density at radius 1 is 1.26 bits per heavy atom. The number of benzene rings is 2. The molecule has 1 aliphatic heterocycles. The molecule has 3 aromatic rings. The summed E-state index contributed by atoms with van der Waals surface area (Å²) in [6, 6.07) is 12.3. The monoisotopic (exact) mass is 457 g/mol. The lowest BCUT2D eigenvalue weighted by Crippen LogP contribution is -2.31. The fourth-order valence-corrected chi connectivity index (χ4v) is 4.52. The van der Waals surface area contributed by atoms with E-state index in [0.717, 1.165) is 5.56 Å². The van der Waals surface area contributed by atoms with E-state index >= 15 is 0 Å². The highest BCUT2D eigenvalue weighted by molar-refractivity contribution is 7.98. The van der Waals surface area contributed by atoms with E-state index in [2.05, 4.69) is 15.3 Å². The van der Waals surface area contributed by atoms with Crippen LogP contribution in [0.1, 0.15) is 36.0 Å². The standard InChI is InChI=1S/C22H20ClN3O4S/c1-2-30-17-9-13(6-7-16(17)27)15-10-18(28)24-20-19(15)21(29)26-22(25-20)31-11-12-4-3-5-14(23)8-12/h3-9,15,27H,2,10-11H2,1H3,(H2,24,25,26,28,29). The Balaban J connectivity index is 1.66. The number of H-pyrrole nitrogens is 1. The number of thioether (sulfide) groups is 1. The third kappa shape index (κ3) is 4.70. The van der Waals surface area contributed by atoms with Crippen LogP contribution in [0.25, 0.3) is 0 Å². The van der Waals surface area contributed by atoms with Crippen molar-refractivity contribution >= 4 is 35.1 Å². The Morgan fingerprint density at radius 2 is 2.10 bits per heavy atom. The normalized spacial score (nSPS) is 15.3. The third-order valence-corrected chi connectivity index (χ3v) is 6.06. The van der Waals surface area contributed by atoms with Gasteiger partial charge in [-0.1, -0.05) is 41.6 Å². The van der Waals surface area contributed by atoms with Gasteiger partial charge in [-0.15, -0.1) is 0 Å². The molecule has 0 radical (unpaired) electrons.